The number of hydrogen-bond acceptors (Lipinski definition) is 5. The summed E-state index contributed by atoms with van der Waals surface area (Å²) in [7, 11) is 0. The lowest BCUT2D eigenvalue weighted by Gasteiger charge is -2.05. The largest absolute Gasteiger partial charge is 0.449 e. The summed E-state index contributed by atoms with van der Waals surface area (Å²) in [6.07, 6.45) is 0. The molecule has 26 heavy (non-hydrogen) atoms. The monoisotopic (exact) mass is 345 g/mol. The third-order valence-corrected chi connectivity index (χ3v) is 4.60. The van der Waals surface area contributed by atoms with Gasteiger partial charge in [-0.1, -0.05) is 24.3 Å². The molecule has 0 bridgehead atoms. The van der Waals surface area contributed by atoms with Crippen LogP contribution in [0, 0.1) is 17.7 Å². The third-order valence-electron chi connectivity index (χ3n) is 4.60. The molecular weight excluding hydrogens is 334 g/mol. The first kappa shape index (κ1) is 14.7. The summed E-state index contributed by atoms with van der Waals surface area (Å²) in [5.41, 5.74) is 0.800. The fourth-order valence-electron chi connectivity index (χ4n) is 3.34. The van der Waals surface area contributed by atoms with Crippen molar-refractivity contribution >= 4 is 32.8 Å². The predicted molar refractivity (Wildman–Crippen MR) is 96.7 cm³/mol. The van der Waals surface area contributed by atoms with E-state index in [1.165, 1.54) is 6.07 Å². The molecule has 2 aromatic carbocycles. The highest BCUT2D eigenvalue weighted by Gasteiger charge is 2.12. The molecule has 0 atom stereocenters. The molecule has 5 rings (SSSR count). The summed E-state index contributed by atoms with van der Waals surface area (Å²) in [6.45, 7) is 1.80. The van der Waals surface area contributed by atoms with Gasteiger partial charge in [-0.05, 0) is 18.6 Å². The molecule has 1 aromatic heterocycles. The minimum absolute atomic E-state index is 0.0458. The van der Waals surface area contributed by atoms with E-state index < -0.39 is 5.63 Å². The van der Waals surface area contributed by atoms with Crippen molar-refractivity contribution in [3.8, 4) is 0 Å². The van der Waals surface area contributed by atoms with E-state index in [0.717, 1.165) is 10.9 Å². The van der Waals surface area contributed by atoms with Crippen molar-refractivity contribution in [1.82, 2.24) is 4.98 Å². The molecule has 0 radical (unpaired) electrons. The summed E-state index contributed by atoms with van der Waals surface area (Å²) in [6, 6.07) is 11.3. The lowest BCUT2D eigenvalue weighted by molar-refractivity contribution is 0.546. The van der Waals surface area contributed by atoms with Crippen molar-refractivity contribution in [2.24, 2.45) is 0 Å². The Morgan fingerprint density at radius 1 is 0.808 bits per heavy atom. The Kier molecular flexibility index (Phi) is 2.77. The van der Waals surface area contributed by atoms with E-state index >= 15 is 0 Å². The molecule has 3 aromatic rings. The van der Waals surface area contributed by atoms with E-state index in [4.69, 9.17) is 8.83 Å². The Balaban J connectivity index is 2.08. The van der Waals surface area contributed by atoms with Crippen LogP contribution in [0.5, 0.6) is 0 Å². The number of benzene rings is 2. The van der Waals surface area contributed by atoms with E-state index in [0.29, 0.717) is 27.5 Å². The lowest BCUT2D eigenvalue weighted by Crippen LogP contribution is -2.16. The van der Waals surface area contributed by atoms with E-state index in [1.54, 1.807) is 43.3 Å². The zero-order valence-electron chi connectivity index (χ0n) is 13.6. The zero-order chi connectivity index (χ0) is 18.0. The molecule has 0 saturated heterocycles. The molecule has 1 N–H and O–H groups in total. The third kappa shape index (κ3) is 1.89. The summed E-state index contributed by atoms with van der Waals surface area (Å²) in [5, 5.41) is 1.50. The molecule has 0 amide bonds. The van der Waals surface area contributed by atoms with Gasteiger partial charge in [-0.25, -0.2) is 4.79 Å². The normalized spacial score (nSPS) is 11.7. The molecule has 1 aliphatic carbocycles. The van der Waals surface area contributed by atoms with Crippen LogP contribution in [0.3, 0.4) is 0 Å². The van der Waals surface area contributed by atoms with Crippen molar-refractivity contribution in [2.45, 2.75) is 6.92 Å². The molecule has 2 heterocycles. The molecular formula is C20H11NO5. The lowest BCUT2D eigenvalue weighted by atomic mass is 10.1. The van der Waals surface area contributed by atoms with Gasteiger partial charge in [0, 0.05) is 28.3 Å². The topological polar surface area (TPSA) is 93.3 Å². The van der Waals surface area contributed by atoms with Gasteiger partial charge in [-0.15, -0.1) is 0 Å². The van der Waals surface area contributed by atoms with Gasteiger partial charge >= 0.3 is 5.63 Å². The Labute approximate surface area is 144 Å². The van der Waals surface area contributed by atoms with Crippen LogP contribution in [0.1, 0.15) is 5.56 Å². The first-order valence-corrected chi connectivity index (χ1v) is 7.99. The summed E-state index contributed by atoms with van der Waals surface area (Å²) in [5.74, 6) is 0. The Morgan fingerprint density at radius 3 is 2.31 bits per heavy atom. The molecule has 0 saturated carbocycles. The van der Waals surface area contributed by atoms with Crippen molar-refractivity contribution in [2.75, 3.05) is 0 Å². The van der Waals surface area contributed by atoms with E-state index in [-0.39, 0.29) is 21.6 Å². The molecule has 6 nitrogen and oxygen atoms in total. The van der Waals surface area contributed by atoms with Crippen LogP contribution in [-0.4, -0.2) is 4.98 Å². The first-order chi connectivity index (χ1) is 12.5. The minimum Gasteiger partial charge on any atom is -0.449 e. The van der Waals surface area contributed by atoms with Crippen LogP contribution in [0.15, 0.2) is 65.7 Å². The maximum absolute atomic E-state index is 12.8. The smallest absolute Gasteiger partial charge is 0.336 e. The van der Waals surface area contributed by atoms with Crippen molar-refractivity contribution in [3.63, 3.8) is 0 Å². The first-order valence-electron chi connectivity index (χ1n) is 7.99. The Hall–Kier alpha value is -3.67. The SMILES string of the molecule is Cc1cc(=O)oc2cc3oc4c(=O)c5ccccc5c(=O)c=4[nH]c3cc12. The predicted octanol–water partition coefficient (Wildman–Crippen LogP) is 2.77. The molecule has 0 spiro atoms. The molecule has 126 valence electrons. The van der Waals surface area contributed by atoms with Crippen molar-refractivity contribution in [3.05, 3.63) is 89.7 Å². The fraction of sp³-hybridized carbons (Fsp3) is 0.0500. The van der Waals surface area contributed by atoms with Gasteiger partial charge in [-0.3, -0.25) is 9.59 Å². The van der Waals surface area contributed by atoms with Crippen LogP contribution >= 0.6 is 0 Å². The van der Waals surface area contributed by atoms with E-state index in [2.05, 4.69) is 4.98 Å². The molecule has 1 aliphatic heterocycles. The van der Waals surface area contributed by atoms with Crippen LogP contribution in [0.25, 0.3) is 32.8 Å². The zero-order valence-corrected chi connectivity index (χ0v) is 13.6. The summed E-state index contributed by atoms with van der Waals surface area (Å²) < 4.78 is 11.0. The van der Waals surface area contributed by atoms with Crippen LogP contribution in [-0.2, 0) is 0 Å². The number of rotatable bonds is 0. The second-order valence-electron chi connectivity index (χ2n) is 6.23. The Morgan fingerprint density at radius 2 is 1.54 bits per heavy atom. The highest BCUT2D eigenvalue weighted by Crippen LogP contribution is 2.23. The number of aromatic nitrogens is 1. The van der Waals surface area contributed by atoms with Gasteiger partial charge in [0.15, 0.2) is 5.58 Å². The number of hydrogen-bond donors (Lipinski definition) is 1. The van der Waals surface area contributed by atoms with Gasteiger partial charge in [-0.2, -0.15) is 0 Å². The Bertz CT molecular complexity index is 1600. The molecule has 2 aliphatic rings. The second-order valence-corrected chi connectivity index (χ2v) is 6.23. The maximum Gasteiger partial charge on any atom is 0.336 e. The molecule has 0 unspecified atom stereocenters. The van der Waals surface area contributed by atoms with Crippen LogP contribution < -0.4 is 16.5 Å². The minimum atomic E-state index is -0.462. The van der Waals surface area contributed by atoms with Crippen molar-refractivity contribution in [1.29, 1.82) is 0 Å². The average Bonchev–Trinajstić information content (AvgIpc) is 2.63. The van der Waals surface area contributed by atoms with Crippen molar-refractivity contribution < 1.29 is 8.83 Å². The highest BCUT2D eigenvalue weighted by molar-refractivity contribution is 5.92. The number of aromatic amines is 1. The van der Waals surface area contributed by atoms with Crippen LogP contribution in [0.4, 0.5) is 0 Å². The summed E-state index contributed by atoms with van der Waals surface area (Å²) >= 11 is 0. The van der Waals surface area contributed by atoms with Gasteiger partial charge < -0.3 is 13.8 Å². The van der Waals surface area contributed by atoms with Gasteiger partial charge in [0.1, 0.15) is 10.9 Å². The number of fused-ring (bicyclic) bond motifs is 3. The second kappa shape index (κ2) is 4.92. The van der Waals surface area contributed by atoms with Gasteiger partial charge in [0.05, 0.1) is 5.52 Å². The average molecular weight is 345 g/mol. The number of aryl methyl sites for hydroxylation is 1. The molecule has 0 fully saturated rings. The van der Waals surface area contributed by atoms with E-state index in [9.17, 15) is 14.4 Å². The van der Waals surface area contributed by atoms with Crippen LogP contribution in [0.2, 0.25) is 0 Å². The molecule has 6 heteroatoms. The van der Waals surface area contributed by atoms with Gasteiger partial charge in [0.2, 0.25) is 16.3 Å². The number of nitrogens with one attached hydrogen (secondary N) is 1. The standard InChI is InChI=1S/C20H11NO5/c1-9-6-16(22)25-14-8-15-13(7-12(9)14)21-17-18(23)10-4-2-3-5-11(10)19(24)20(17)26-15/h2-8,21H,1H3. The van der Waals surface area contributed by atoms with Gasteiger partial charge in [0.25, 0.3) is 0 Å². The highest BCUT2D eigenvalue weighted by atomic mass is 16.4. The quantitative estimate of drug-likeness (QED) is 0.436. The van der Waals surface area contributed by atoms with E-state index in [1.807, 2.05) is 0 Å². The maximum atomic E-state index is 12.8. The number of H-pyrrole nitrogens is 1. The summed E-state index contributed by atoms with van der Waals surface area (Å²) in [4.78, 5) is 40.1. The fourth-order valence-corrected chi connectivity index (χ4v) is 3.34.